The summed E-state index contributed by atoms with van der Waals surface area (Å²) in [6.07, 6.45) is 5.26. The average Bonchev–Trinajstić information content (AvgIpc) is 2.82. The summed E-state index contributed by atoms with van der Waals surface area (Å²) in [6.45, 7) is 2.60. The van der Waals surface area contributed by atoms with E-state index < -0.39 is 16.0 Å². The molecular weight excluding hydrogens is 270 g/mol. The van der Waals surface area contributed by atoms with E-state index in [1.807, 2.05) is 6.92 Å². The summed E-state index contributed by atoms with van der Waals surface area (Å²) in [6, 6.07) is 0. The quantitative estimate of drug-likeness (QED) is 0.656. The molecule has 1 aromatic rings. The maximum Gasteiger partial charge on any atom is 0.305 e. The Kier molecular flexibility index (Phi) is 5.97. The van der Waals surface area contributed by atoms with Gasteiger partial charge < -0.3 is 5.11 Å². The number of nitrogens with zero attached hydrogens (tertiary/aromatic N) is 2. The molecule has 0 radical (unpaired) electrons. The fourth-order valence-corrected chi connectivity index (χ4v) is 2.51. The van der Waals surface area contributed by atoms with Crippen molar-refractivity contribution in [2.24, 2.45) is 0 Å². The van der Waals surface area contributed by atoms with Crippen LogP contribution in [0.1, 0.15) is 32.6 Å². The van der Waals surface area contributed by atoms with E-state index in [9.17, 15) is 13.2 Å². The van der Waals surface area contributed by atoms with Crippen molar-refractivity contribution >= 4 is 16.0 Å². The Hall–Kier alpha value is -1.41. The molecule has 0 atom stereocenters. The number of nitrogens with one attached hydrogen (secondary N) is 1. The third-order valence-electron chi connectivity index (χ3n) is 2.55. The molecule has 2 N–H and O–H groups in total. The molecular formula is C11H19N3O4S. The van der Waals surface area contributed by atoms with Crippen LogP contribution in [0.2, 0.25) is 0 Å². The lowest BCUT2D eigenvalue weighted by Crippen LogP contribution is -2.24. The highest BCUT2D eigenvalue weighted by atomic mass is 32.2. The van der Waals surface area contributed by atoms with Crippen LogP contribution in [0.4, 0.5) is 0 Å². The smallest absolute Gasteiger partial charge is 0.305 e. The van der Waals surface area contributed by atoms with Gasteiger partial charge in [0.05, 0.1) is 19.2 Å². The van der Waals surface area contributed by atoms with Crippen LogP contribution in [0.5, 0.6) is 0 Å². The molecule has 7 nitrogen and oxygen atoms in total. The Balaban J connectivity index is 2.56. The Labute approximate surface area is 112 Å². The van der Waals surface area contributed by atoms with Gasteiger partial charge in [-0.05, 0) is 6.42 Å². The number of aliphatic carboxylic acids is 1. The highest BCUT2D eigenvalue weighted by Crippen LogP contribution is 2.07. The van der Waals surface area contributed by atoms with Gasteiger partial charge in [-0.2, -0.15) is 5.10 Å². The topological polar surface area (TPSA) is 101 Å². The van der Waals surface area contributed by atoms with Gasteiger partial charge in [0.1, 0.15) is 4.90 Å². The molecule has 108 valence electrons. The lowest BCUT2D eigenvalue weighted by Gasteiger charge is -2.03. The second-order valence-electron chi connectivity index (χ2n) is 4.19. The average molecular weight is 289 g/mol. The van der Waals surface area contributed by atoms with Crippen LogP contribution in [-0.4, -0.2) is 35.8 Å². The van der Waals surface area contributed by atoms with Crippen molar-refractivity contribution in [3.8, 4) is 0 Å². The zero-order valence-electron chi connectivity index (χ0n) is 10.9. The largest absolute Gasteiger partial charge is 0.481 e. The predicted octanol–water partition coefficient (Wildman–Crippen LogP) is 0.826. The van der Waals surface area contributed by atoms with Crippen LogP contribution < -0.4 is 4.72 Å². The normalized spacial score (nSPS) is 11.6. The minimum atomic E-state index is -3.54. The van der Waals surface area contributed by atoms with E-state index in [-0.39, 0.29) is 17.9 Å². The van der Waals surface area contributed by atoms with Crippen molar-refractivity contribution in [2.75, 3.05) is 6.54 Å². The first-order chi connectivity index (χ1) is 8.95. The van der Waals surface area contributed by atoms with Gasteiger partial charge in [-0.1, -0.05) is 19.8 Å². The number of carboxylic acids is 1. The number of aryl methyl sites for hydroxylation is 1. The number of sulfonamides is 1. The Morgan fingerprint density at radius 2 is 2.21 bits per heavy atom. The zero-order valence-corrected chi connectivity index (χ0v) is 11.7. The molecule has 1 rings (SSSR count). The fourth-order valence-electron chi connectivity index (χ4n) is 1.48. The summed E-state index contributed by atoms with van der Waals surface area (Å²) in [4.78, 5) is 10.5. The van der Waals surface area contributed by atoms with E-state index in [2.05, 4.69) is 9.82 Å². The molecule has 1 aromatic heterocycles. The molecule has 0 spiro atoms. The standard InChI is InChI=1S/C11H19N3O4S/c1-2-3-4-6-13-19(17,18)10-8-12-14(9-10)7-5-11(15)16/h8-9,13H,2-7H2,1H3,(H,15,16). The van der Waals surface area contributed by atoms with Crippen molar-refractivity contribution in [3.05, 3.63) is 12.4 Å². The monoisotopic (exact) mass is 289 g/mol. The first-order valence-electron chi connectivity index (χ1n) is 6.19. The first-order valence-corrected chi connectivity index (χ1v) is 7.68. The molecule has 0 aliphatic heterocycles. The summed E-state index contributed by atoms with van der Waals surface area (Å²) < 4.78 is 27.5. The molecule has 0 aliphatic carbocycles. The van der Waals surface area contributed by atoms with E-state index in [1.165, 1.54) is 17.1 Å². The fraction of sp³-hybridized carbons (Fsp3) is 0.636. The summed E-state index contributed by atoms with van der Waals surface area (Å²) in [5.41, 5.74) is 0. The SMILES string of the molecule is CCCCCNS(=O)(=O)c1cnn(CCC(=O)O)c1. The van der Waals surface area contributed by atoms with Crippen molar-refractivity contribution < 1.29 is 18.3 Å². The van der Waals surface area contributed by atoms with Crippen molar-refractivity contribution in [1.29, 1.82) is 0 Å². The van der Waals surface area contributed by atoms with Gasteiger partial charge in [-0.25, -0.2) is 13.1 Å². The second-order valence-corrected chi connectivity index (χ2v) is 5.95. The molecule has 0 fully saturated rings. The molecule has 0 unspecified atom stereocenters. The molecule has 0 amide bonds. The Bertz CT molecular complexity index is 510. The summed E-state index contributed by atoms with van der Waals surface area (Å²) in [5.74, 6) is -0.947. The summed E-state index contributed by atoms with van der Waals surface area (Å²) in [7, 11) is -3.54. The van der Waals surface area contributed by atoms with Gasteiger partial charge in [-0.3, -0.25) is 9.48 Å². The number of aromatic nitrogens is 2. The van der Waals surface area contributed by atoms with Crippen LogP contribution in [-0.2, 0) is 21.4 Å². The van der Waals surface area contributed by atoms with Crippen LogP contribution in [0, 0.1) is 0 Å². The molecule has 0 bridgehead atoms. The van der Waals surface area contributed by atoms with Gasteiger partial charge in [0, 0.05) is 12.7 Å². The van der Waals surface area contributed by atoms with Crippen LogP contribution in [0.3, 0.4) is 0 Å². The number of rotatable bonds is 9. The number of hydrogen-bond donors (Lipinski definition) is 2. The summed E-state index contributed by atoms with van der Waals surface area (Å²) in [5, 5.41) is 12.4. The Morgan fingerprint density at radius 3 is 2.84 bits per heavy atom. The number of carbonyl (C=O) groups is 1. The maximum atomic E-state index is 11.9. The van der Waals surface area contributed by atoms with Gasteiger partial charge in [-0.15, -0.1) is 0 Å². The number of hydrogen-bond acceptors (Lipinski definition) is 4. The van der Waals surface area contributed by atoms with Gasteiger partial charge in [0.25, 0.3) is 0 Å². The molecule has 0 aromatic carbocycles. The lowest BCUT2D eigenvalue weighted by molar-refractivity contribution is -0.137. The van der Waals surface area contributed by atoms with E-state index in [1.54, 1.807) is 0 Å². The number of carboxylic acid groups (broad SMARTS) is 1. The first kappa shape index (κ1) is 15.6. The highest BCUT2D eigenvalue weighted by Gasteiger charge is 2.15. The minimum absolute atomic E-state index is 0.0642. The molecule has 0 aliphatic rings. The molecule has 1 heterocycles. The zero-order chi connectivity index (χ0) is 14.3. The van der Waals surface area contributed by atoms with E-state index in [0.717, 1.165) is 19.3 Å². The summed E-state index contributed by atoms with van der Waals surface area (Å²) >= 11 is 0. The number of unbranched alkanes of at least 4 members (excludes halogenated alkanes) is 2. The third kappa shape index (κ3) is 5.39. The van der Waals surface area contributed by atoms with Gasteiger partial charge in [0.2, 0.25) is 10.0 Å². The minimum Gasteiger partial charge on any atom is -0.481 e. The molecule has 19 heavy (non-hydrogen) atoms. The van der Waals surface area contributed by atoms with Crippen molar-refractivity contribution in [2.45, 2.75) is 44.0 Å². The lowest BCUT2D eigenvalue weighted by atomic mass is 10.3. The van der Waals surface area contributed by atoms with Crippen LogP contribution in [0.15, 0.2) is 17.3 Å². The molecule has 8 heteroatoms. The van der Waals surface area contributed by atoms with E-state index in [4.69, 9.17) is 5.11 Å². The van der Waals surface area contributed by atoms with Crippen LogP contribution >= 0.6 is 0 Å². The van der Waals surface area contributed by atoms with E-state index >= 15 is 0 Å². The van der Waals surface area contributed by atoms with E-state index in [0.29, 0.717) is 6.54 Å². The van der Waals surface area contributed by atoms with Crippen LogP contribution in [0.25, 0.3) is 0 Å². The van der Waals surface area contributed by atoms with Crippen molar-refractivity contribution in [1.82, 2.24) is 14.5 Å². The predicted molar refractivity (Wildman–Crippen MR) is 69.2 cm³/mol. The van der Waals surface area contributed by atoms with Crippen molar-refractivity contribution in [3.63, 3.8) is 0 Å². The second kappa shape index (κ2) is 7.25. The van der Waals surface area contributed by atoms with Gasteiger partial charge in [0.15, 0.2) is 0 Å². The maximum absolute atomic E-state index is 11.9. The Morgan fingerprint density at radius 1 is 1.47 bits per heavy atom. The molecule has 0 saturated heterocycles. The highest BCUT2D eigenvalue weighted by molar-refractivity contribution is 7.89. The van der Waals surface area contributed by atoms with Gasteiger partial charge >= 0.3 is 5.97 Å². The third-order valence-corrected chi connectivity index (χ3v) is 3.96. The molecule has 0 saturated carbocycles.